The molecule has 4 aromatic rings. The molecule has 9 heteroatoms. The van der Waals surface area contributed by atoms with Crippen molar-refractivity contribution < 1.29 is 18.7 Å². The van der Waals surface area contributed by atoms with Crippen LogP contribution in [0.2, 0.25) is 0 Å². The quantitative estimate of drug-likeness (QED) is 0.386. The highest BCUT2D eigenvalue weighted by atomic mass is 16.5. The van der Waals surface area contributed by atoms with E-state index in [0.717, 1.165) is 30.5 Å². The van der Waals surface area contributed by atoms with E-state index in [1.807, 2.05) is 42.1 Å². The Kier molecular flexibility index (Phi) is 6.07. The van der Waals surface area contributed by atoms with Gasteiger partial charge in [0.05, 0.1) is 45.0 Å². The number of fused-ring (bicyclic) bond motifs is 1. The van der Waals surface area contributed by atoms with Crippen LogP contribution in [0.4, 0.5) is 0 Å². The molecule has 9 nitrogen and oxygen atoms in total. The van der Waals surface area contributed by atoms with Crippen LogP contribution in [0.15, 0.2) is 47.1 Å². The molecule has 1 aromatic carbocycles. The van der Waals surface area contributed by atoms with Crippen molar-refractivity contribution in [1.82, 2.24) is 24.5 Å². The SMILES string of the molecule is COc1ccc(OC)c(-c2cc(C(=O)N(Cc3ccco3)Cc3nn(C)c4c3CCC4)n(C)n2)c1. The fourth-order valence-electron chi connectivity index (χ4n) is 4.77. The number of rotatable bonds is 8. The first kappa shape index (κ1) is 22.8. The minimum atomic E-state index is -0.151. The number of hydrogen-bond acceptors (Lipinski definition) is 6. The number of aryl methyl sites for hydroxylation is 2. The maximum absolute atomic E-state index is 13.9. The van der Waals surface area contributed by atoms with Gasteiger partial charge in [0.1, 0.15) is 23.0 Å². The summed E-state index contributed by atoms with van der Waals surface area (Å²) in [5.74, 6) is 1.90. The Hall–Kier alpha value is -4.01. The molecule has 1 aliphatic rings. The predicted molar refractivity (Wildman–Crippen MR) is 129 cm³/mol. The first-order valence-electron chi connectivity index (χ1n) is 11.6. The van der Waals surface area contributed by atoms with Gasteiger partial charge in [-0.15, -0.1) is 0 Å². The van der Waals surface area contributed by atoms with Crippen LogP contribution in [0.5, 0.6) is 11.5 Å². The summed E-state index contributed by atoms with van der Waals surface area (Å²) < 4.78 is 20.0. The lowest BCUT2D eigenvalue weighted by Gasteiger charge is -2.21. The van der Waals surface area contributed by atoms with Crippen LogP contribution < -0.4 is 9.47 Å². The van der Waals surface area contributed by atoms with Crippen molar-refractivity contribution >= 4 is 5.91 Å². The topological polar surface area (TPSA) is 87.6 Å². The largest absolute Gasteiger partial charge is 0.497 e. The molecule has 35 heavy (non-hydrogen) atoms. The van der Waals surface area contributed by atoms with Crippen LogP contribution in [0.25, 0.3) is 11.3 Å². The van der Waals surface area contributed by atoms with Crippen molar-refractivity contribution in [1.29, 1.82) is 0 Å². The van der Waals surface area contributed by atoms with E-state index in [1.165, 1.54) is 11.3 Å². The van der Waals surface area contributed by atoms with E-state index >= 15 is 0 Å². The van der Waals surface area contributed by atoms with Gasteiger partial charge in [-0.05, 0) is 61.2 Å². The molecule has 3 heterocycles. The summed E-state index contributed by atoms with van der Waals surface area (Å²) in [6, 6.07) is 11.0. The minimum absolute atomic E-state index is 0.151. The second-order valence-corrected chi connectivity index (χ2v) is 8.69. The van der Waals surface area contributed by atoms with E-state index in [0.29, 0.717) is 41.7 Å². The molecule has 0 atom stereocenters. The average Bonchev–Trinajstić information content (AvgIpc) is 3.65. The summed E-state index contributed by atoms with van der Waals surface area (Å²) in [6.45, 7) is 0.728. The second kappa shape index (κ2) is 9.32. The van der Waals surface area contributed by atoms with Gasteiger partial charge in [0.15, 0.2) is 0 Å². The lowest BCUT2D eigenvalue weighted by molar-refractivity contribution is 0.0703. The summed E-state index contributed by atoms with van der Waals surface area (Å²) in [5, 5.41) is 9.36. The number of hydrogen-bond donors (Lipinski definition) is 0. The van der Waals surface area contributed by atoms with Crippen molar-refractivity contribution in [2.75, 3.05) is 14.2 Å². The van der Waals surface area contributed by atoms with Crippen LogP contribution in [-0.2, 0) is 40.0 Å². The van der Waals surface area contributed by atoms with E-state index in [9.17, 15) is 4.79 Å². The predicted octanol–water partition coefficient (Wildman–Crippen LogP) is 3.76. The van der Waals surface area contributed by atoms with Crippen LogP contribution >= 0.6 is 0 Å². The molecule has 3 aromatic heterocycles. The van der Waals surface area contributed by atoms with Crippen molar-refractivity contribution in [2.24, 2.45) is 14.1 Å². The highest BCUT2D eigenvalue weighted by Gasteiger charge is 2.27. The summed E-state index contributed by atoms with van der Waals surface area (Å²) in [5.41, 5.74) is 5.31. The van der Waals surface area contributed by atoms with E-state index in [2.05, 4.69) is 5.10 Å². The fraction of sp³-hybridized carbons (Fsp3) is 0.346. The van der Waals surface area contributed by atoms with Gasteiger partial charge >= 0.3 is 0 Å². The molecule has 0 spiro atoms. The summed E-state index contributed by atoms with van der Waals surface area (Å²) in [4.78, 5) is 15.6. The number of carbonyl (C=O) groups excluding carboxylic acids is 1. The molecule has 5 rings (SSSR count). The smallest absolute Gasteiger partial charge is 0.272 e. The van der Waals surface area contributed by atoms with Crippen LogP contribution in [0, 0.1) is 0 Å². The standard InChI is InChI=1S/C26H29N5O4/c1-29-23-9-5-8-19(23)22(28-29)16-31(15-18-7-6-12-35-18)26(32)24-14-21(27-30(24)2)20-13-17(33-3)10-11-25(20)34-4/h6-7,10-14H,5,8-9,15-16H2,1-4H3. The lowest BCUT2D eigenvalue weighted by Crippen LogP contribution is -2.32. The molecule has 0 fully saturated rings. The van der Waals surface area contributed by atoms with E-state index in [-0.39, 0.29) is 5.91 Å². The molecule has 182 valence electrons. The molecule has 0 bridgehead atoms. The third-order valence-corrected chi connectivity index (χ3v) is 6.53. The molecule has 0 saturated heterocycles. The Morgan fingerprint density at radius 2 is 1.91 bits per heavy atom. The monoisotopic (exact) mass is 475 g/mol. The van der Waals surface area contributed by atoms with Crippen LogP contribution in [0.3, 0.4) is 0 Å². The summed E-state index contributed by atoms with van der Waals surface area (Å²) in [6.07, 6.45) is 4.76. The number of ether oxygens (including phenoxy) is 2. The Labute approximate surface area is 203 Å². The first-order chi connectivity index (χ1) is 17.0. The average molecular weight is 476 g/mol. The summed E-state index contributed by atoms with van der Waals surface area (Å²) >= 11 is 0. The zero-order valence-corrected chi connectivity index (χ0v) is 20.4. The number of aromatic nitrogens is 4. The van der Waals surface area contributed by atoms with Crippen molar-refractivity contribution in [2.45, 2.75) is 32.4 Å². The number of carbonyl (C=O) groups is 1. The molecular formula is C26H29N5O4. The van der Waals surface area contributed by atoms with E-state index in [4.69, 9.17) is 19.0 Å². The Morgan fingerprint density at radius 1 is 1.06 bits per heavy atom. The van der Waals surface area contributed by atoms with E-state index in [1.54, 1.807) is 43.2 Å². The zero-order chi connectivity index (χ0) is 24.5. The van der Waals surface area contributed by atoms with Gasteiger partial charge in [0.2, 0.25) is 0 Å². The van der Waals surface area contributed by atoms with E-state index < -0.39 is 0 Å². The number of methoxy groups -OCH3 is 2. The Morgan fingerprint density at radius 3 is 2.66 bits per heavy atom. The van der Waals surface area contributed by atoms with Gasteiger partial charge in [-0.2, -0.15) is 10.2 Å². The molecular weight excluding hydrogens is 446 g/mol. The Balaban J connectivity index is 1.50. The van der Waals surface area contributed by atoms with Crippen LogP contribution in [-0.4, -0.2) is 44.6 Å². The number of furan rings is 1. The van der Waals surface area contributed by atoms with Crippen molar-refractivity contribution in [3.05, 3.63) is 71.1 Å². The first-order valence-corrected chi connectivity index (χ1v) is 11.6. The maximum atomic E-state index is 13.9. The molecule has 0 unspecified atom stereocenters. The molecule has 0 aliphatic heterocycles. The molecule has 0 saturated carbocycles. The number of benzene rings is 1. The number of amides is 1. The summed E-state index contributed by atoms with van der Waals surface area (Å²) in [7, 11) is 6.96. The third kappa shape index (κ3) is 4.29. The van der Waals surface area contributed by atoms with Gasteiger partial charge < -0.3 is 18.8 Å². The second-order valence-electron chi connectivity index (χ2n) is 8.69. The van der Waals surface area contributed by atoms with Gasteiger partial charge in [-0.25, -0.2) is 0 Å². The molecule has 0 N–H and O–H groups in total. The van der Waals surface area contributed by atoms with Gasteiger partial charge in [0.25, 0.3) is 5.91 Å². The zero-order valence-electron chi connectivity index (χ0n) is 20.4. The normalized spacial score (nSPS) is 12.6. The van der Waals surface area contributed by atoms with Crippen molar-refractivity contribution in [3.8, 4) is 22.8 Å². The third-order valence-electron chi connectivity index (χ3n) is 6.53. The molecule has 0 radical (unpaired) electrons. The fourth-order valence-corrected chi connectivity index (χ4v) is 4.77. The Bertz CT molecular complexity index is 1350. The highest BCUT2D eigenvalue weighted by molar-refractivity contribution is 5.94. The van der Waals surface area contributed by atoms with Crippen molar-refractivity contribution in [3.63, 3.8) is 0 Å². The lowest BCUT2D eigenvalue weighted by atomic mass is 10.1. The molecule has 1 amide bonds. The van der Waals surface area contributed by atoms with Gasteiger partial charge in [0, 0.05) is 25.4 Å². The van der Waals surface area contributed by atoms with Gasteiger partial charge in [-0.1, -0.05) is 0 Å². The van der Waals surface area contributed by atoms with Crippen LogP contribution in [0.1, 0.15) is 39.6 Å². The number of nitrogens with zero attached hydrogens (tertiary/aromatic N) is 5. The minimum Gasteiger partial charge on any atom is -0.497 e. The van der Waals surface area contributed by atoms with Gasteiger partial charge in [-0.3, -0.25) is 14.2 Å². The molecule has 1 aliphatic carbocycles. The highest BCUT2D eigenvalue weighted by Crippen LogP contribution is 2.33. The maximum Gasteiger partial charge on any atom is 0.272 e.